The average molecular weight is 338 g/mol. The van der Waals surface area contributed by atoms with Gasteiger partial charge in [-0.05, 0) is 0 Å². The smallest absolute Gasteiger partial charge is 0.407 e. The van der Waals surface area contributed by atoms with Gasteiger partial charge in [0.2, 0.25) is 3.79 Å². The number of alkyl halides is 3. The Labute approximate surface area is 124 Å². The quantitative estimate of drug-likeness (QED) is 0.528. The lowest BCUT2D eigenvalue weighted by Crippen LogP contribution is -2.58. The molecular formula is C9H13Cl3NO6. The molecule has 1 heterocycles. The van der Waals surface area contributed by atoms with Crippen molar-refractivity contribution in [1.82, 2.24) is 5.32 Å². The first-order valence-electron chi connectivity index (χ1n) is 5.20. The summed E-state index contributed by atoms with van der Waals surface area (Å²) < 4.78 is 7.77. The van der Waals surface area contributed by atoms with Crippen molar-refractivity contribution in [2.24, 2.45) is 0 Å². The highest BCUT2D eigenvalue weighted by Crippen LogP contribution is 2.26. The molecule has 4 atom stereocenters. The molecule has 7 nitrogen and oxygen atoms in total. The number of rotatable bonds is 3. The third kappa shape index (κ3) is 5.47. The summed E-state index contributed by atoms with van der Waals surface area (Å²) in [7, 11) is 0. The summed E-state index contributed by atoms with van der Waals surface area (Å²) >= 11 is 16.2. The fraction of sp³-hybridized carbons (Fsp3) is 0.778. The molecule has 1 aliphatic rings. The van der Waals surface area contributed by atoms with E-state index in [1.54, 1.807) is 0 Å². The lowest BCUT2D eigenvalue weighted by Gasteiger charge is -2.36. The number of carbonyl (C=O) groups excluding carboxylic acids is 1. The van der Waals surface area contributed by atoms with Crippen LogP contribution in [0.2, 0.25) is 0 Å². The van der Waals surface area contributed by atoms with Gasteiger partial charge < -0.3 is 30.1 Å². The zero-order valence-corrected chi connectivity index (χ0v) is 11.8. The third-order valence-electron chi connectivity index (χ3n) is 2.33. The Morgan fingerprint density at radius 2 is 2.00 bits per heavy atom. The Morgan fingerprint density at radius 3 is 2.53 bits per heavy atom. The van der Waals surface area contributed by atoms with Crippen molar-refractivity contribution in [1.29, 1.82) is 0 Å². The molecule has 0 spiro atoms. The van der Waals surface area contributed by atoms with Gasteiger partial charge in [-0.3, -0.25) is 0 Å². The van der Waals surface area contributed by atoms with Crippen LogP contribution in [0.5, 0.6) is 0 Å². The van der Waals surface area contributed by atoms with Gasteiger partial charge >= 0.3 is 6.09 Å². The highest BCUT2D eigenvalue weighted by Gasteiger charge is 2.39. The topological polar surface area (TPSA) is 108 Å². The van der Waals surface area contributed by atoms with Crippen LogP contribution < -0.4 is 5.32 Å². The second kappa shape index (κ2) is 7.12. The number of hydrogen-bond donors (Lipinski definition) is 4. The van der Waals surface area contributed by atoms with Crippen LogP contribution in [-0.4, -0.2) is 62.8 Å². The Morgan fingerprint density at radius 1 is 1.37 bits per heavy atom. The van der Waals surface area contributed by atoms with Gasteiger partial charge in [-0.25, -0.2) is 4.79 Å². The summed E-state index contributed by atoms with van der Waals surface area (Å²) in [6.07, 6.45) is -4.62. The molecule has 0 aromatic heterocycles. The first kappa shape index (κ1) is 17.0. The van der Waals surface area contributed by atoms with Gasteiger partial charge in [0, 0.05) is 0 Å². The van der Waals surface area contributed by atoms with Crippen molar-refractivity contribution in [3.63, 3.8) is 0 Å². The molecule has 10 heteroatoms. The fourth-order valence-electron chi connectivity index (χ4n) is 1.37. The SMILES string of the molecule is O=C(N[C@H]1[CH]O[C@H](CO)[C@@H](O)[C@@H]1O)OCC(Cl)(Cl)Cl. The molecule has 1 rings (SSSR count). The van der Waals surface area contributed by atoms with Gasteiger partial charge in [0.05, 0.1) is 12.6 Å². The average Bonchev–Trinajstić information content (AvgIpc) is 2.32. The van der Waals surface area contributed by atoms with E-state index in [1.165, 1.54) is 0 Å². The van der Waals surface area contributed by atoms with Gasteiger partial charge in [-0.1, -0.05) is 34.8 Å². The number of aliphatic hydroxyl groups is 3. The lowest BCUT2D eigenvalue weighted by atomic mass is 9.99. The number of halogens is 3. The lowest BCUT2D eigenvalue weighted by molar-refractivity contribution is -0.136. The van der Waals surface area contributed by atoms with E-state index in [9.17, 15) is 15.0 Å². The Bertz CT molecular complexity index is 313. The highest BCUT2D eigenvalue weighted by molar-refractivity contribution is 6.67. The summed E-state index contributed by atoms with van der Waals surface area (Å²) in [5.41, 5.74) is 0. The molecule has 1 radical (unpaired) electrons. The van der Waals surface area contributed by atoms with Gasteiger partial charge in [-0.2, -0.15) is 0 Å². The standard InChI is InChI=1S/C9H13Cl3NO6/c10-9(11,12)3-19-8(17)13-4-2-18-5(1-14)7(16)6(4)15/h2,4-7,14-16H,1,3H2,(H,13,17)/t4-,5+,6+,7+/m0/s1. The van der Waals surface area contributed by atoms with Gasteiger partial charge in [-0.15, -0.1) is 0 Å². The molecule has 0 bridgehead atoms. The number of aliphatic hydroxyl groups excluding tert-OH is 3. The number of carbonyl (C=O) groups is 1. The van der Waals surface area contributed by atoms with E-state index < -0.39 is 47.5 Å². The van der Waals surface area contributed by atoms with E-state index >= 15 is 0 Å². The normalized spacial score (nSPS) is 31.9. The summed E-state index contributed by atoms with van der Waals surface area (Å²) in [5.74, 6) is 0. The predicted octanol–water partition coefficient (Wildman–Crippen LogP) is -0.274. The van der Waals surface area contributed by atoms with Crippen LogP contribution in [0.1, 0.15) is 0 Å². The minimum absolute atomic E-state index is 0.473. The molecule has 0 aliphatic carbocycles. The van der Waals surface area contributed by atoms with Crippen LogP contribution in [0.25, 0.3) is 0 Å². The molecule has 1 aliphatic heterocycles. The van der Waals surface area contributed by atoms with Crippen LogP contribution in [0.3, 0.4) is 0 Å². The second-order valence-electron chi connectivity index (χ2n) is 3.84. The molecule has 4 N–H and O–H groups in total. The minimum Gasteiger partial charge on any atom is -0.445 e. The fourth-order valence-corrected chi connectivity index (χ4v) is 1.54. The molecule has 111 valence electrons. The molecule has 0 unspecified atom stereocenters. The number of hydrogen-bond acceptors (Lipinski definition) is 6. The number of nitrogens with one attached hydrogen (secondary N) is 1. The summed E-state index contributed by atoms with van der Waals surface area (Å²) in [6.45, 7) is 0.128. The van der Waals surface area contributed by atoms with Crippen LogP contribution in [0.4, 0.5) is 4.79 Å². The molecule has 0 saturated carbocycles. The predicted molar refractivity (Wildman–Crippen MR) is 66.8 cm³/mol. The van der Waals surface area contributed by atoms with Crippen LogP contribution in [-0.2, 0) is 9.47 Å². The maximum absolute atomic E-state index is 11.3. The van der Waals surface area contributed by atoms with Gasteiger partial charge in [0.15, 0.2) is 0 Å². The van der Waals surface area contributed by atoms with E-state index in [4.69, 9.17) is 44.6 Å². The number of ether oxygens (including phenoxy) is 2. The maximum Gasteiger partial charge on any atom is 0.407 e. The first-order chi connectivity index (χ1) is 8.74. The Hall–Kier alpha value is -0.0200. The van der Waals surface area contributed by atoms with E-state index in [1.807, 2.05) is 0 Å². The largest absolute Gasteiger partial charge is 0.445 e. The molecule has 0 aromatic carbocycles. The first-order valence-corrected chi connectivity index (χ1v) is 6.34. The van der Waals surface area contributed by atoms with Crippen LogP contribution >= 0.6 is 34.8 Å². The summed E-state index contributed by atoms with van der Waals surface area (Å²) in [4.78, 5) is 11.3. The van der Waals surface area contributed by atoms with Crippen molar-refractivity contribution in [2.45, 2.75) is 28.1 Å². The van der Waals surface area contributed by atoms with Crippen molar-refractivity contribution < 1.29 is 29.6 Å². The molecule has 1 saturated heterocycles. The summed E-state index contributed by atoms with van der Waals surface area (Å²) in [5, 5.41) is 30.3. The van der Waals surface area contributed by atoms with Gasteiger partial charge in [0.1, 0.15) is 31.5 Å². The highest BCUT2D eigenvalue weighted by atomic mass is 35.6. The van der Waals surface area contributed by atoms with E-state index in [0.29, 0.717) is 0 Å². The number of alkyl carbamates (subject to hydrolysis) is 1. The molecule has 1 fully saturated rings. The van der Waals surface area contributed by atoms with Crippen molar-refractivity contribution in [2.75, 3.05) is 13.2 Å². The van der Waals surface area contributed by atoms with E-state index in [-0.39, 0.29) is 0 Å². The van der Waals surface area contributed by atoms with Crippen molar-refractivity contribution >= 4 is 40.9 Å². The molecule has 0 aromatic rings. The monoisotopic (exact) mass is 336 g/mol. The van der Waals surface area contributed by atoms with E-state index in [2.05, 4.69) is 10.1 Å². The molecule has 1 amide bonds. The Balaban J connectivity index is 2.43. The van der Waals surface area contributed by atoms with E-state index in [0.717, 1.165) is 6.61 Å². The van der Waals surface area contributed by atoms with Crippen LogP contribution in [0.15, 0.2) is 0 Å². The van der Waals surface area contributed by atoms with Crippen LogP contribution in [0, 0.1) is 6.61 Å². The maximum atomic E-state index is 11.3. The second-order valence-corrected chi connectivity index (χ2v) is 6.35. The zero-order chi connectivity index (χ0) is 14.6. The number of amides is 1. The zero-order valence-electron chi connectivity index (χ0n) is 9.50. The Kier molecular flexibility index (Phi) is 6.38. The molecule has 19 heavy (non-hydrogen) atoms. The molecular weight excluding hydrogens is 324 g/mol. The summed E-state index contributed by atoms with van der Waals surface area (Å²) in [6, 6.07) is -1.01. The van der Waals surface area contributed by atoms with Gasteiger partial charge in [0.25, 0.3) is 0 Å². The van der Waals surface area contributed by atoms with Crippen molar-refractivity contribution in [3.05, 3.63) is 6.61 Å². The third-order valence-corrected chi connectivity index (χ3v) is 2.66. The minimum atomic E-state index is -1.75. The van der Waals surface area contributed by atoms with Crippen molar-refractivity contribution in [3.8, 4) is 0 Å².